The minimum Gasteiger partial charge on any atom is -0.314 e. The average Bonchev–Trinajstić information content (AvgIpc) is 2.43. The summed E-state index contributed by atoms with van der Waals surface area (Å²) in [6.45, 7) is 10.1. The Morgan fingerprint density at radius 3 is 2.48 bits per heavy atom. The van der Waals surface area contributed by atoms with Crippen LogP contribution in [0.15, 0.2) is 12.1 Å². The largest absolute Gasteiger partial charge is 0.314 e. The first-order valence-electron chi connectivity index (χ1n) is 7.40. The summed E-state index contributed by atoms with van der Waals surface area (Å²) in [5.41, 5.74) is 1.63. The Morgan fingerprint density at radius 1 is 1.29 bits per heavy atom. The standard InChI is InChI=1S/C16H24ClFN2.ClH/c1-11(2)10-14(20-8-6-19-7-9-20)15-13(18)5-4-12(3)16(15)17;/h4-5,11,14,19H,6-10H2,1-3H3;1H/t14-;/m0./s1. The van der Waals surface area contributed by atoms with E-state index in [0.29, 0.717) is 16.5 Å². The fourth-order valence-electron chi connectivity index (χ4n) is 2.87. The Labute approximate surface area is 138 Å². The van der Waals surface area contributed by atoms with Gasteiger partial charge in [0.25, 0.3) is 0 Å². The minimum absolute atomic E-state index is 0. The molecule has 1 aromatic carbocycles. The first-order chi connectivity index (χ1) is 9.50. The van der Waals surface area contributed by atoms with Gasteiger partial charge in [0.2, 0.25) is 0 Å². The molecule has 1 heterocycles. The van der Waals surface area contributed by atoms with Crippen LogP contribution in [0.5, 0.6) is 0 Å². The lowest BCUT2D eigenvalue weighted by atomic mass is 9.93. The Bertz CT molecular complexity index is 460. The van der Waals surface area contributed by atoms with Gasteiger partial charge in [-0.3, -0.25) is 4.90 Å². The van der Waals surface area contributed by atoms with Crippen LogP contribution in [-0.4, -0.2) is 31.1 Å². The van der Waals surface area contributed by atoms with Gasteiger partial charge < -0.3 is 5.32 Å². The predicted molar refractivity (Wildman–Crippen MR) is 90.0 cm³/mol. The van der Waals surface area contributed by atoms with Crippen molar-refractivity contribution in [2.45, 2.75) is 33.2 Å². The van der Waals surface area contributed by atoms with E-state index < -0.39 is 0 Å². The molecule has 0 aliphatic carbocycles. The van der Waals surface area contributed by atoms with Gasteiger partial charge >= 0.3 is 0 Å². The number of nitrogens with zero attached hydrogens (tertiary/aromatic N) is 1. The van der Waals surface area contributed by atoms with E-state index in [1.54, 1.807) is 12.1 Å². The number of rotatable bonds is 4. The maximum Gasteiger partial charge on any atom is 0.129 e. The molecular weight excluding hydrogens is 310 g/mol. The van der Waals surface area contributed by atoms with Crippen LogP contribution < -0.4 is 5.32 Å². The van der Waals surface area contributed by atoms with Gasteiger partial charge in [-0.15, -0.1) is 12.4 Å². The quantitative estimate of drug-likeness (QED) is 0.887. The van der Waals surface area contributed by atoms with Gasteiger partial charge in [0.1, 0.15) is 5.82 Å². The number of halogens is 3. The molecule has 1 fully saturated rings. The lowest BCUT2D eigenvalue weighted by molar-refractivity contribution is 0.151. The van der Waals surface area contributed by atoms with E-state index in [0.717, 1.165) is 38.2 Å². The van der Waals surface area contributed by atoms with Crippen molar-refractivity contribution in [3.8, 4) is 0 Å². The van der Waals surface area contributed by atoms with Crippen LogP contribution in [0.2, 0.25) is 5.02 Å². The predicted octanol–water partition coefficient (Wildman–Crippen LogP) is 4.20. The van der Waals surface area contributed by atoms with Crippen molar-refractivity contribution >= 4 is 24.0 Å². The monoisotopic (exact) mass is 334 g/mol. The third-order valence-corrected chi connectivity index (χ3v) is 4.44. The second-order valence-corrected chi connectivity index (χ2v) is 6.40. The van der Waals surface area contributed by atoms with Gasteiger partial charge in [0.05, 0.1) is 5.02 Å². The highest BCUT2D eigenvalue weighted by Gasteiger charge is 2.27. The molecule has 2 rings (SSSR count). The van der Waals surface area contributed by atoms with Crippen molar-refractivity contribution in [1.29, 1.82) is 0 Å². The van der Waals surface area contributed by atoms with Gasteiger partial charge in [-0.05, 0) is 30.9 Å². The second kappa shape index (κ2) is 8.33. The molecule has 1 aliphatic heterocycles. The molecule has 1 aliphatic rings. The number of aryl methyl sites for hydroxylation is 1. The van der Waals surface area contributed by atoms with Gasteiger partial charge in [0, 0.05) is 37.8 Å². The third-order valence-electron chi connectivity index (χ3n) is 3.94. The Hall–Kier alpha value is -0.350. The molecule has 120 valence electrons. The molecule has 1 saturated heterocycles. The molecule has 0 saturated carbocycles. The van der Waals surface area contributed by atoms with Crippen LogP contribution in [0.4, 0.5) is 4.39 Å². The number of piperazine rings is 1. The zero-order valence-corrected chi connectivity index (χ0v) is 14.5. The fourth-order valence-corrected chi connectivity index (χ4v) is 3.15. The molecule has 0 amide bonds. The second-order valence-electron chi connectivity index (χ2n) is 6.02. The third kappa shape index (κ3) is 4.56. The van der Waals surface area contributed by atoms with Gasteiger partial charge in [-0.2, -0.15) is 0 Å². The van der Waals surface area contributed by atoms with Crippen molar-refractivity contribution in [3.05, 3.63) is 34.1 Å². The summed E-state index contributed by atoms with van der Waals surface area (Å²) in [5, 5.41) is 3.94. The Balaban J connectivity index is 0.00000220. The van der Waals surface area contributed by atoms with Crippen LogP contribution in [0.25, 0.3) is 0 Å². The molecule has 5 heteroatoms. The van der Waals surface area contributed by atoms with E-state index in [1.807, 2.05) is 6.92 Å². The Kier molecular flexibility index (Phi) is 7.41. The first-order valence-corrected chi connectivity index (χ1v) is 7.77. The van der Waals surface area contributed by atoms with Crippen LogP contribution in [0.3, 0.4) is 0 Å². The summed E-state index contributed by atoms with van der Waals surface area (Å²) < 4.78 is 14.4. The lowest BCUT2D eigenvalue weighted by Gasteiger charge is -2.37. The number of benzene rings is 1. The van der Waals surface area contributed by atoms with Gasteiger partial charge in [-0.1, -0.05) is 31.5 Å². The minimum atomic E-state index is -0.176. The highest BCUT2D eigenvalue weighted by molar-refractivity contribution is 6.32. The normalized spacial score (nSPS) is 17.6. The summed E-state index contributed by atoms with van der Waals surface area (Å²) in [6, 6.07) is 3.38. The SMILES string of the molecule is Cc1ccc(F)c([C@H](CC(C)C)N2CCNCC2)c1Cl.Cl. The van der Waals surface area contributed by atoms with Gasteiger partial charge in [-0.25, -0.2) is 4.39 Å². The molecule has 0 unspecified atom stereocenters. The molecule has 0 radical (unpaired) electrons. The summed E-state index contributed by atoms with van der Waals surface area (Å²) in [6.07, 6.45) is 0.931. The van der Waals surface area contributed by atoms with Crippen LogP contribution in [-0.2, 0) is 0 Å². The molecule has 0 bridgehead atoms. The van der Waals surface area contributed by atoms with Crippen molar-refractivity contribution in [2.24, 2.45) is 5.92 Å². The zero-order valence-electron chi connectivity index (χ0n) is 13.0. The lowest BCUT2D eigenvalue weighted by Crippen LogP contribution is -2.45. The summed E-state index contributed by atoms with van der Waals surface area (Å²) in [4.78, 5) is 2.36. The topological polar surface area (TPSA) is 15.3 Å². The molecule has 2 nitrogen and oxygen atoms in total. The molecule has 21 heavy (non-hydrogen) atoms. The molecule has 1 N–H and O–H groups in total. The van der Waals surface area contributed by atoms with E-state index >= 15 is 0 Å². The zero-order chi connectivity index (χ0) is 14.7. The molecule has 0 spiro atoms. The highest BCUT2D eigenvalue weighted by Crippen LogP contribution is 2.36. The van der Waals surface area contributed by atoms with Crippen molar-refractivity contribution in [1.82, 2.24) is 10.2 Å². The average molecular weight is 335 g/mol. The first kappa shape index (κ1) is 18.7. The van der Waals surface area contributed by atoms with E-state index in [1.165, 1.54) is 0 Å². The summed E-state index contributed by atoms with van der Waals surface area (Å²) >= 11 is 6.41. The summed E-state index contributed by atoms with van der Waals surface area (Å²) in [7, 11) is 0. The Morgan fingerprint density at radius 2 is 1.90 bits per heavy atom. The fraction of sp³-hybridized carbons (Fsp3) is 0.625. The maximum atomic E-state index is 14.4. The molecule has 0 aromatic heterocycles. The maximum absolute atomic E-state index is 14.4. The number of hydrogen-bond donors (Lipinski definition) is 1. The van der Waals surface area contributed by atoms with Crippen molar-refractivity contribution in [3.63, 3.8) is 0 Å². The molecule has 1 aromatic rings. The van der Waals surface area contributed by atoms with Gasteiger partial charge in [0.15, 0.2) is 0 Å². The number of nitrogens with one attached hydrogen (secondary N) is 1. The molecular formula is C16H25Cl2FN2. The van der Waals surface area contributed by atoms with Crippen LogP contribution in [0, 0.1) is 18.7 Å². The highest BCUT2D eigenvalue weighted by atomic mass is 35.5. The van der Waals surface area contributed by atoms with Crippen molar-refractivity contribution < 1.29 is 4.39 Å². The van der Waals surface area contributed by atoms with E-state index in [9.17, 15) is 4.39 Å². The smallest absolute Gasteiger partial charge is 0.129 e. The number of hydrogen-bond acceptors (Lipinski definition) is 2. The van der Waals surface area contributed by atoms with E-state index in [2.05, 4.69) is 24.1 Å². The van der Waals surface area contributed by atoms with Crippen LogP contribution in [0.1, 0.15) is 37.4 Å². The summed E-state index contributed by atoms with van der Waals surface area (Å²) in [5.74, 6) is 0.329. The van der Waals surface area contributed by atoms with Crippen LogP contribution >= 0.6 is 24.0 Å². The van der Waals surface area contributed by atoms with E-state index in [-0.39, 0.29) is 24.3 Å². The van der Waals surface area contributed by atoms with E-state index in [4.69, 9.17) is 11.6 Å². The molecule has 1 atom stereocenters. The van der Waals surface area contributed by atoms with Crippen molar-refractivity contribution in [2.75, 3.05) is 26.2 Å².